The molecule has 2 aromatic rings. The van der Waals surface area contributed by atoms with E-state index >= 15 is 0 Å². The Hall–Kier alpha value is -2.63. The highest BCUT2D eigenvalue weighted by molar-refractivity contribution is 5.94. The number of unbranched alkanes of at least 4 members (excludes halogenated alkanes) is 2. The number of amides is 2. The standard InChI is InChI=1S/C23H34N4O2/c1-7-8-9-14-22(29)26(6)16-21(28)24-20-15-19(23(3,4)5)25-27(20)18-13-11-10-12-17(18)2/h10-13,15H,7-9,14,16H2,1-6H3,(H,24,28). The van der Waals surface area contributed by atoms with Crippen molar-refractivity contribution in [2.75, 3.05) is 18.9 Å². The average Bonchev–Trinajstić information content (AvgIpc) is 3.06. The summed E-state index contributed by atoms with van der Waals surface area (Å²) in [5, 5.41) is 7.70. The van der Waals surface area contributed by atoms with E-state index in [2.05, 4.69) is 33.0 Å². The molecule has 6 heteroatoms. The molecule has 6 nitrogen and oxygen atoms in total. The number of rotatable bonds is 8. The van der Waals surface area contributed by atoms with Gasteiger partial charge in [-0.15, -0.1) is 0 Å². The van der Waals surface area contributed by atoms with Crippen LogP contribution in [0.15, 0.2) is 30.3 Å². The van der Waals surface area contributed by atoms with E-state index < -0.39 is 0 Å². The minimum atomic E-state index is -0.230. The number of hydrogen-bond acceptors (Lipinski definition) is 3. The number of likely N-dealkylation sites (N-methyl/N-ethyl adjacent to an activating group) is 1. The highest BCUT2D eigenvalue weighted by Crippen LogP contribution is 2.27. The monoisotopic (exact) mass is 398 g/mol. The van der Waals surface area contributed by atoms with E-state index in [-0.39, 0.29) is 23.8 Å². The molecule has 0 aliphatic carbocycles. The van der Waals surface area contributed by atoms with Crippen molar-refractivity contribution in [2.45, 2.75) is 65.7 Å². The molecular weight excluding hydrogens is 364 g/mol. The van der Waals surface area contributed by atoms with Gasteiger partial charge >= 0.3 is 0 Å². The van der Waals surface area contributed by atoms with Gasteiger partial charge < -0.3 is 10.2 Å². The van der Waals surface area contributed by atoms with Crippen LogP contribution in [0.4, 0.5) is 5.82 Å². The highest BCUT2D eigenvalue weighted by atomic mass is 16.2. The zero-order valence-electron chi connectivity index (χ0n) is 18.6. The number of aryl methyl sites for hydroxylation is 1. The van der Waals surface area contributed by atoms with Crippen LogP contribution in [0.2, 0.25) is 0 Å². The van der Waals surface area contributed by atoms with E-state index in [1.54, 1.807) is 11.7 Å². The maximum atomic E-state index is 12.6. The summed E-state index contributed by atoms with van der Waals surface area (Å²) in [5.41, 5.74) is 2.72. The molecule has 1 N–H and O–H groups in total. The van der Waals surface area contributed by atoms with Crippen LogP contribution in [0, 0.1) is 6.92 Å². The summed E-state index contributed by atoms with van der Waals surface area (Å²) in [6, 6.07) is 9.84. The van der Waals surface area contributed by atoms with Crippen LogP contribution < -0.4 is 5.32 Å². The third kappa shape index (κ3) is 6.17. The summed E-state index contributed by atoms with van der Waals surface area (Å²) in [4.78, 5) is 26.3. The number of nitrogens with one attached hydrogen (secondary N) is 1. The second-order valence-electron chi connectivity index (χ2n) is 8.62. The van der Waals surface area contributed by atoms with Gasteiger partial charge in [0.25, 0.3) is 0 Å². The summed E-state index contributed by atoms with van der Waals surface area (Å²) in [6.07, 6.45) is 3.43. The average molecular weight is 399 g/mol. The molecule has 0 radical (unpaired) electrons. The lowest BCUT2D eigenvalue weighted by Gasteiger charge is -2.17. The molecule has 0 bridgehead atoms. The zero-order valence-corrected chi connectivity index (χ0v) is 18.6. The lowest BCUT2D eigenvalue weighted by atomic mass is 9.92. The van der Waals surface area contributed by atoms with Crippen molar-refractivity contribution in [3.05, 3.63) is 41.6 Å². The summed E-state index contributed by atoms with van der Waals surface area (Å²) in [6.45, 7) is 10.4. The van der Waals surface area contributed by atoms with E-state index in [4.69, 9.17) is 5.10 Å². The molecule has 1 aromatic heterocycles. The van der Waals surface area contributed by atoms with Crippen LogP contribution in [0.1, 0.15) is 64.6 Å². The van der Waals surface area contributed by atoms with Gasteiger partial charge in [-0.25, -0.2) is 4.68 Å². The summed E-state index contributed by atoms with van der Waals surface area (Å²) in [7, 11) is 1.67. The lowest BCUT2D eigenvalue weighted by Crippen LogP contribution is -2.35. The molecule has 0 unspecified atom stereocenters. The number of nitrogens with zero attached hydrogens (tertiary/aromatic N) is 3. The maximum absolute atomic E-state index is 12.6. The summed E-state index contributed by atoms with van der Waals surface area (Å²) < 4.78 is 1.77. The Morgan fingerprint density at radius 1 is 1.17 bits per heavy atom. The Morgan fingerprint density at radius 3 is 2.48 bits per heavy atom. The fraction of sp³-hybridized carbons (Fsp3) is 0.522. The number of benzene rings is 1. The van der Waals surface area contributed by atoms with E-state index in [0.717, 1.165) is 36.2 Å². The molecule has 1 aromatic carbocycles. The van der Waals surface area contributed by atoms with Crippen LogP contribution in [0.5, 0.6) is 0 Å². The van der Waals surface area contributed by atoms with E-state index in [9.17, 15) is 9.59 Å². The van der Waals surface area contributed by atoms with E-state index in [0.29, 0.717) is 12.2 Å². The molecule has 1 heterocycles. The highest BCUT2D eigenvalue weighted by Gasteiger charge is 2.22. The largest absolute Gasteiger partial charge is 0.336 e. The van der Waals surface area contributed by atoms with Gasteiger partial charge in [-0.2, -0.15) is 5.10 Å². The molecule has 0 aliphatic heterocycles. The van der Waals surface area contributed by atoms with Crippen LogP contribution in [-0.4, -0.2) is 40.1 Å². The zero-order chi connectivity index (χ0) is 21.6. The molecule has 29 heavy (non-hydrogen) atoms. The number of hydrogen-bond donors (Lipinski definition) is 1. The second-order valence-corrected chi connectivity index (χ2v) is 8.62. The number of anilines is 1. The van der Waals surface area contributed by atoms with Crippen molar-refractivity contribution >= 4 is 17.6 Å². The van der Waals surface area contributed by atoms with Gasteiger partial charge in [-0.05, 0) is 25.0 Å². The van der Waals surface area contributed by atoms with Gasteiger partial charge in [0.1, 0.15) is 5.82 Å². The van der Waals surface area contributed by atoms with Crippen LogP contribution in [0.3, 0.4) is 0 Å². The predicted molar refractivity (Wildman–Crippen MR) is 117 cm³/mol. The first-order chi connectivity index (χ1) is 13.6. The van der Waals surface area contributed by atoms with Crippen molar-refractivity contribution in [1.29, 1.82) is 0 Å². The lowest BCUT2D eigenvalue weighted by molar-refractivity contribution is -0.133. The van der Waals surface area contributed by atoms with Gasteiger partial charge in [-0.1, -0.05) is 58.7 Å². The minimum Gasteiger partial charge on any atom is -0.336 e. The maximum Gasteiger partial charge on any atom is 0.245 e. The van der Waals surface area contributed by atoms with Crippen molar-refractivity contribution in [2.24, 2.45) is 0 Å². The first kappa shape index (κ1) is 22.7. The van der Waals surface area contributed by atoms with Crippen molar-refractivity contribution in [3.63, 3.8) is 0 Å². The molecule has 0 spiro atoms. The fourth-order valence-electron chi connectivity index (χ4n) is 3.02. The van der Waals surface area contributed by atoms with Crippen molar-refractivity contribution in [3.8, 4) is 5.69 Å². The van der Waals surface area contributed by atoms with Gasteiger partial charge in [0, 0.05) is 24.9 Å². The fourth-order valence-corrected chi connectivity index (χ4v) is 3.02. The van der Waals surface area contributed by atoms with Crippen molar-refractivity contribution < 1.29 is 9.59 Å². The molecule has 0 saturated carbocycles. The van der Waals surface area contributed by atoms with Gasteiger partial charge in [0.05, 0.1) is 17.9 Å². The van der Waals surface area contributed by atoms with E-state index in [1.807, 2.05) is 37.3 Å². The topological polar surface area (TPSA) is 67.2 Å². The van der Waals surface area contributed by atoms with Crippen molar-refractivity contribution in [1.82, 2.24) is 14.7 Å². The number of carbonyl (C=O) groups excluding carboxylic acids is 2. The second kappa shape index (κ2) is 9.72. The summed E-state index contributed by atoms with van der Waals surface area (Å²) >= 11 is 0. The third-order valence-corrected chi connectivity index (χ3v) is 4.89. The van der Waals surface area contributed by atoms with Crippen LogP contribution >= 0.6 is 0 Å². The molecule has 2 amide bonds. The molecule has 0 aliphatic rings. The third-order valence-electron chi connectivity index (χ3n) is 4.89. The molecular formula is C23H34N4O2. The summed E-state index contributed by atoms with van der Waals surface area (Å²) in [5.74, 6) is 0.379. The Balaban J connectivity index is 2.19. The first-order valence-electron chi connectivity index (χ1n) is 10.3. The predicted octanol–water partition coefficient (Wildman–Crippen LogP) is 4.46. The minimum absolute atomic E-state index is 0.00334. The molecule has 158 valence electrons. The van der Waals surface area contributed by atoms with Crippen LogP contribution in [0.25, 0.3) is 5.69 Å². The Bertz CT molecular complexity index is 849. The molecule has 0 fully saturated rings. The van der Waals surface area contributed by atoms with Gasteiger partial charge in [0.2, 0.25) is 11.8 Å². The normalized spacial score (nSPS) is 11.4. The van der Waals surface area contributed by atoms with Gasteiger partial charge in [0.15, 0.2) is 0 Å². The Labute approximate surface area is 174 Å². The first-order valence-corrected chi connectivity index (χ1v) is 10.3. The Kier molecular flexibility index (Phi) is 7.59. The number of para-hydroxylation sites is 1. The number of aromatic nitrogens is 2. The number of carbonyl (C=O) groups is 2. The quantitative estimate of drug-likeness (QED) is 0.668. The SMILES string of the molecule is CCCCCC(=O)N(C)CC(=O)Nc1cc(C(C)(C)C)nn1-c1ccccc1C. The Morgan fingerprint density at radius 2 is 1.86 bits per heavy atom. The van der Waals surface area contributed by atoms with E-state index in [1.165, 1.54) is 4.90 Å². The molecule has 2 rings (SSSR count). The van der Waals surface area contributed by atoms with Gasteiger partial charge in [-0.3, -0.25) is 9.59 Å². The van der Waals surface area contributed by atoms with Crippen LogP contribution in [-0.2, 0) is 15.0 Å². The smallest absolute Gasteiger partial charge is 0.245 e. The molecule has 0 saturated heterocycles. The molecule has 0 atom stereocenters.